The zero-order chi connectivity index (χ0) is 26.0. The number of nitrogens with zero attached hydrogens (tertiary/aromatic N) is 1. The molecule has 0 N–H and O–H groups in total. The Morgan fingerprint density at radius 3 is 1.85 bits per heavy atom. The molecular weight excluding hydrogens is 512 g/mol. The molecule has 0 spiro atoms. The van der Waals surface area contributed by atoms with Gasteiger partial charge in [0.25, 0.3) is 5.69 Å². The van der Waals surface area contributed by atoms with Crippen molar-refractivity contribution >= 4 is 23.3 Å². The lowest BCUT2D eigenvalue weighted by atomic mass is 9.97. The number of esters is 1. The molecule has 1 aromatic rings. The quantitative estimate of drug-likeness (QED) is 0.0740. The van der Waals surface area contributed by atoms with Crippen LogP contribution in [0.5, 0.6) is 5.75 Å². The molecule has 0 bridgehead atoms. The topological polar surface area (TPSA) is 78.7 Å². The molecule has 0 aliphatic rings. The number of rotatable bonds is 10. The fraction of sp³-hybridized carbons (Fsp3) is 0.438. The van der Waals surface area contributed by atoms with E-state index in [0.29, 0.717) is 24.3 Å². The Hall–Kier alpha value is -2.78. The fourth-order valence-electron chi connectivity index (χ4n) is 1.97. The van der Waals surface area contributed by atoms with Crippen LogP contribution in [0, 0.1) is 10.1 Å². The van der Waals surface area contributed by atoms with Crippen molar-refractivity contribution in [1.29, 1.82) is 0 Å². The monoisotopic (exact) mass is 521 g/mol. The van der Waals surface area contributed by atoms with Gasteiger partial charge >= 0.3 is 35.0 Å². The standard InChI is InChI=1S/C16H10ClF10NO5/c1-2-32-11(29)7-10(33-9-5-3-8(4-6-9)28(30)31)12(18,19)13(20,21)14(22,23)15(24,25)16(17,26)27/h3-7H,2H2,1H3/b10-7-. The van der Waals surface area contributed by atoms with Crippen LogP contribution in [0.3, 0.4) is 0 Å². The largest absolute Gasteiger partial charge is 0.463 e. The van der Waals surface area contributed by atoms with Crippen molar-refractivity contribution in [3.8, 4) is 5.75 Å². The van der Waals surface area contributed by atoms with Crippen molar-refractivity contribution in [3.05, 3.63) is 46.2 Å². The molecular formula is C16H10ClF10NO5. The smallest absolute Gasteiger partial charge is 0.393 e. The van der Waals surface area contributed by atoms with Gasteiger partial charge in [-0.15, -0.1) is 0 Å². The van der Waals surface area contributed by atoms with Gasteiger partial charge in [-0.05, 0) is 30.7 Å². The first-order valence-corrected chi connectivity index (χ1v) is 8.51. The van der Waals surface area contributed by atoms with Gasteiger partial charge in [0.1, 0.15) is 5.75 Å². The average molecular weight is 522 g/mol. The molecule has 0 aliphatic carbocycles. The molecule has 33 heavy (non-hydrogen) atoms. The number of ether oxygens (including phenoxy) is 2. The third-order valence-corrected chi connectivity index (χ3v) is 3.90. The molecule has 6 nitrogen and oxygen atoms in total. The summed E-state index contributed by atoms with van der Waals surface area (Å²) in [4.78, 5) is 21.0. The molecule has 0 radical (unpaired) electrons. The molecule has 0 fully saturated rings. The number of carbonyl (C=O) groups excluding carboxylic acids is 1. The first kappa shape index (κ1) is 28.3. The van der Waals surface area contributed by atoms with Gasteiger partial charge in [-0.3, -0.25) is 10.1 Å². The molecule has 1 aromatic carbocycles. The van der Waals surface area contributed by atoms with E-state index in [0.717, 1.165) is 6.92 Å². The molecule has 0 atom stereocenters. The summed E-state index contributed by atoms with van der Waals surface area (Å²) >= 11 is 3.72. The minimum atomic E-state index is -7.50. The van der Waals surface area contributed by atoms with E-state index in [1.54, 1.807) is 0 Å². The lowest BCUT2D eigenvalue weighted by molar-refractivity contribution is -0.385. The van der Waals surface area contributed by atoms with Crippen molar-refractivity contribution in [2.75, 3.05) is 6.61 Å². The number of halogens is 11. The molecule has 0 amide bonds. The zero-order valence-corrected chi connectivity index (χ0v) is 16.5. The number of nitro benzene ring substituents is 1. The highest BCUT2D eigenvalue weighted by Crippen LogP contribution is 2.59. The van der Waals surface area contributed by atoms with Crippen LogP contribution in [-0.4, -0.2) is 46.6 Å². The molecule has 17 heteroatoms. The number of non-ortho nitro benzene ring substituents is 1. The van der Waals surface area contributed by atoms with Gasteiger partial charge < -0.3 is 9.47 Å². The highest BCUT2D eigenvalue weighted by Gasteiger charge is 2.87. The summed E-state index contributed by atoms with van der Waals surface area (Å²) in [6.45, 7) is 0.543. The zero-order valence-electron chi connectivity index (χ0n) is 15.7. The highest BCUT2D eigenvalue weighted by molar-refractivity contribution is 6.22. The first-order chi connectivity index (χ1) is 14.7. The second-order valence-electron chi connectivity index (χ2n) is 5.91. The van der Waals surface area contributed by atoms with Crippen molar-refractivity contribution in [2.45, 2.75) is 36.0 Å². The van der Waals surface area contributed by atoms with Crippen molar-refractivity contribution < 1.29 is 63.1 Å². The predicted octanol–water partition coefficient (Wildman–Crippen LogP) is 5.79. The van der Waals surface area contributed by atoms with Gasteiger partial charge in [0.2, 0.25) is 0 Å². The third kappa shape index (κ3) is 5.25. The minimum absolute atomic E-state index is 0.491. The van der Waals surface area contributed by atoms with Crippen LogP contribution in [0.25, 0.3) is 0 Å². The summed E-state index contributed by atoms with van der Waals surface area (Å²) in [5.41, 5.74) is -0.675. The number of alkyl halides is 11. The first-order valence-electron chi connectivity index (χ1n) is 8.13. The van der Waals surface area contributed by atoms with Crippen LogP contribution in [0.2, 0.25) is 0 Å². The number of allylic oxidation sites excluding steroid dienone is 1. The maximum Gasteiger partial charge on any atom is 0.393 e. The van der Waals surface area contributed by atoms with Gasteiger partial charge in [0.05, 0.1) is 17.6 Å². The van der Waals surface area contributed by atoms with Crippen LogP contribution in [0.1, 0.15) is 6.92 Å². The number of hydrogen-bond acceptors (Lipinski definition) is 5. The molecule has 0 heterocycles. The van der Waals surface area contributed by atoms with E-state index in [4.69, 9.17) is 0 Å². The van der Waals surface area contributed by atoms with Crippen LogP contribution in [0.15, 0.2) is 36.1 Å². The second kappa shape index (κ2) is 9.23. The number of hydrogen-bond donors (Lipinski definition) is 0. The Morgan fingerprint density at radius 1 is 0.970 bits per heavy atom. The van der Waals surface area contributed by atoms with Gasteiger partial charge in [-0.2, -0.15) is 43.9 Å². The second-order valence-corrected chi connectivity index (χ2v) is 6.38. The van der Waals surface area contributed by atoms with Crippen LogP contribution in [0.4, 0.5) is 49.6 Å². The Bertz CT molecular complexity index is 915. The van der Waals surface area contributed by atoms with Crippen molar-refractivity contribution in [2.24, 2.45) is 0 Å². The summed E-state index contributed by atoms with van der Waals surface area (Å²) in [5, 5.41) is 4.17. The fourth-order valence-corrected chi connectivity index (χ4v) is 2.08. The summed E-state index contributed by atoms with van der Waals surface area (Å²) in [7, 11) is 0. The van der Waals surface area contributed by atoms with Gasteiger partial charge in [0.15, 0.2) is 5.76 Å². The van der Waals surface area contributed by atoms with Gasteiger partial charge in [-0.1, -0.05) is 0 Å². The van der Waals surface area contributed by atoms with Crippen LogP contribution in [-0.2, 0) is 9.53 Å². The lowest BCUT2D eigenvalue weighted by Gasteiger charge is -2.38. The van der Waals surface area contributed by atoms with Gasteiger partial charge in [-0.25, -0.2) is 4.79 Å². The van der Waals surface area contributed by atoms with Gasteiger partial charge in [0, 0.05) is 12.1 Å². The van der Waals surface area contributed by atoms with E-state index in [1.165, 1.54) is 0 Å². The summed E-state index contributed by atoms with van der Waals surface area (Å²) in [6, 6.07) is 2.13. The SMILES string of the molecule is CCOC(=O)/C=C(\Oc1ccc([N+](=O)[O-])cc1)C(F)(F)C(F)(F)C(F)(F)C(F)(F)C(F)(F)Cl. The lowest BCUT2D eigenvalue weighted by Crippen LogP contribution is -2.66. The Morgan fingerprint density at radius 2 is 1.45 bits per heavy atom. The molecule has 186 valence electrons. The van der Waals surface area contributed by atoms with Crippen molar-refractivity contribution in [1.82, 2.24) is 0 Å². The molecule has 0 unspecified atom stereocenters. The van der Waals surface area contributed by atoms with Crippen LogP contribution >= 0.6 is 11.6 Å². The molecule has 0 saturated carbocycles. The molecule has 0 aromatic heterocycles. The Balaban J connectivity index is 3.60. The Labute approximate surface area is 181 Å². The normalized spacial score (nSPS) is 14.1. The summed E-state index contributed by atoms with van der Waals surface area (Å²) in [6.07, 6.45) is -0.619. The predicted molar refractivity (Wildman–Crippen MR) is 89.0 cm³/mol. The van der Waals surface area contributed by atoms with E-state index in [-0.39, 0.29) is 0 Å². The maximum absolute atomic E-state index is 14.4. The van der Waals surface area contributed by atoms with Crippen LogP contribution < -0.4 is 4.74 Å². The van der Waals surface area contributed by atoms with E-state index in [9.17, 15) is 58.8 Å². The number of benzene rings is 1. The average Bonchev–Trinajstić information content (AvgIpc) is 2.66. The highest BCUT2D eigenvalue weighted by atomic mass is 35.5. The van der Waals surface area contributed by atoms with E-state index < -0.39 is 69.8 Å². The molecule has 1 rings (SSSR count). The van der Waals surface area contributed by atoms with E-state index >= 15 is 0 Å². The maximum atomic E-state index is 14.4. The summed E-state index contributed by atoms with van der Waals surface area (Å²) < 4.78 is 144. The number of nitro groups is 1. The van der Waals surface area contributed by atoms with E-state index in [1.807, 2.05) is 0 Å². The minimum Gasteiger partial charge on any atom is -0.463 e. The van der Waals surface area contributed by atoms with Crippen molar-refractivity contribution in [3.63, 3.8) is 0 Å². The Kier molecular flexibility index (Phi) is 7.90. The summed E-state index contributed by atoms with van der Waals surface area (Å²) in [5.74, 6) is -34.2. The third-order valence-electron chi connectivity index (χ3n) is 3.66. The number of carbonyl (C=O) groups is 1. The van der Waals surface area contributed by atoms with E-state index in [2.05, 4.69) is 21.1 Å². The molecule has 0 aliphatic heterocycles. The molecule has 0 saturated heterocycles.